The van der Waals surface area contributed by atoms with Gasteiger partial charge in [-0.2, -0.15) is 36.5 Å². The lowest BCUT2D eigenvalue weighted by molar-refractivity contribution is -0.173. The Kier molecular flexibility index (Phi) is 15.1. The summed E-state index contributed by atoms with van der Waals surface area (Å²) in [6.45, 7) is 1.26. The van der Waals surface area contributed by atoms with Gasteiger partial charge in [-0.3, -0.25) is 28.8 Å². The summed E-state index contributed by atoms with van der Waals surface area (Å²) in [5, 5.41) is 18.1. The zero-order valence-corrected chi connectivity index (χ0v) is 39.3. The van der Waals surface area contributed by atoms with Gasteiger partial charge in [0.15, 0.2) is 5.78 Å². The molecule has 2 aliphatic heterocycles. The van der Waals surface area contributed by atoms with Crippen LogP contribution in [-0.4, -0.2) is 102 Å². The van der Waals surface area contributed by atoms with Crippen LogP contribution < -0.4 is 15.1 Å². The average Bonchev–Trinajstić information content (AvgIpc) is 4.13. The van der Waals surface area contributed by atoms with Crippen molar-refractivity contribution in [3.05, 3.63) is 119 Å². The minimum Gasteiger partial charge on any atom is -0.413 e. The van der Waals surface area contributed by atoms with Crippen LogP contribution in [0.2, 0.25) is 0 Å². The number of alkyl halides is 6. The molecule has 1 N–H and O–H groups in total. The normalized spacial score (nSPS) is 14.2. The van der Waals surface area contributed by atoms with Crippen molar-refractivity contribution in [2.45, 2.75) is 64.0 Å². The summed E-state index contributed by atoms with van der Waals surface area (Å²) in [6, 6.07) is 17.6. The monoisotopic (exact) mass is 1020 g/mol. The van der Waals surface area contributed by atoms with Crippen LogP contribution >= 0.6 is 0 Å². The van der Waals surface area contributed by atoms with E-state index in [0.29, 0.717) is 37.6 Å². The number of ketones is 1. The predicted molar refractivity (Wildman–Crippen MR) is 250 cm³/mol. The van der Waals surface area contributed by atoms with Gasteiger partial charge in [-0.05, 0) is 93.1 Å². The SMILES string of the molecule is Cn1ncc2ccc(N(Cc3ccc(-c4nnc(C(F)(F)F)o4)cc3F)C(=O)N3CCCCC3)cc21.Cn1ncc2ccc(N(Cc3ccc(C(=O)CNC(=O)C(F)(F)F)cc3F)C(=O)N3CCCCC3)cc21. The highest BCUT2D eigenvalue weighted by Crippen LogP contribution is 2.33. The first kappa shape index (κ1) is 51.4. The standard InChI is InChI=1S/C25H25F4N5O3.C24H22F4N6O2/c1-32-21-12-19(8-7-17(21)13-31-32)34(24(37)33-9-3-2-4-10-33)15-18-6-5-16(11-20(18)26)22(35)14-30-23(36)25(27,28)29;1-32-20-12-18(8-7-16(20)13-29-32)34(23(35)33-9-3-2-4-10-33)14-17-6-5-15(11-19(17)25)21-30-31-22(36-21)24(26,27)28/h5-8,11-13H,2-4,9-10,14-15H2,1H3,(H,30,36);5-8,11-13H,2-4,9-10,14H2,1H3. The van der Waals surface area contributed by atoms with Gasteiger partial charge in [-0.15, -0.1) is 10.2 Å². The first-order valence-corrected chi connectivity index (χ1v) is 23.1. The number of fused-ring (bicyclic) bond motifs is 2. The van der Waals surface area contributed by atoms with Gasteiger partial charge in [0.1, 0.15) is 11.6 Å². The van der Waals surface area contributed by atoms with Gasteiger partial charge < -0.3 is 19.5 Å². The lowest BCUT2D eigenvalue weighted by Crippen LogP contribution is -2.45. The van der Waals surface area contributed by atoms with Crippen LogP contribution in [-0.2, 0) is 38.2 Å². The number of hydrogen-bond acceptors (Lipinski definition) is 9. The number of hydrogen-bond donors (Lipinski definition) is 1. The second-order valence-corrected chi connectivity index (χ2v) is 17.5. The highest BCUT2D eigenvalue weighted by Gasteiger charge is 2.39. The van der Waals surface area contributed by atoms with Crippen LogP contribution in [0.4, 0.5) is 56.1 Å². The Bertz CT molecular complexity index is 3160. The Morgan fingerprint density at radius 3 is 1.58 bits per heavy atom. The summed E-state index contributed by atoms with van der Waals surface area (Å²) < 4.78 is 114. The fourth-order valence-corrected chi connectivity index (χ4v) is 8.47. The van der Waals surface area contributed by atoms with E-state index in [9.17, 15) is 45.5 Å². The van der Waals surface area contributed by atoms with Crippen molar-refractivity contribution in [1.82, 2.24) is 44.9 Å². The molecule has 16 nitrogen and oxygen atoms in total. The number of piperidine rings is 2. The lowest BCUT2D eigenvalue weighted by Gasteiger charge is -2.33. The molecule has 9 rings (SSSR count). The molecular formula is C49H47F8N11O5. The van der Waals surface area contributed by atoms with Crippen LogP contribution in [0.3, 0.4) is 0 Å². The lowest BCUT2D eigenvalue weighted by atomic mass is 10.1. The van der Waals surface area contributed by atoms with E-state index in [1.54, 1.807) is 63.9 Å². The third-order valence-corrected chi connectivity index (χ3v) is 12.5. The van der Waals surface area contributed by atoms with Gasteiger partial charge in [0.05, 0.1) is 43.1 Å². The number of nitrogens with zero attached hydrogens (tertiary/aromatic N) is 10. The van der Waals surface area contributed by atoms with Crippen molar-refractivity contribution in [3.8, 4) is 11.5 Å². The smallest absolute Gasteiger partial charge is 0.413 e. The Morgan fingerprint density at radius 2 is 1.12 bits per heavy atom. The molecule has 0 radical (unpaired) electrons. The number of amides is 5. The minimum absolute atomic E-state index is 0.00413. The summed E-state index contributed by atoms with van der Waals surface area (Å²) in [6.07, 6.45) is -0.899. The molecule has 2 saturated heterocycles. The van der Waals surface area contributed by atoms with Crippen LogP contribution in [0.5, 0.6) is 0 Å². The highest BCUT2D eigenvalue weighted by molar-refractivity contribution is 6.00. The molecule has 0 bridgehead atoms. The maximum Gasteiger partial charge on any atom is 0.471 e. The second kappa shape index (κ2) is 21.4. The quantitative estimate of drug-likeness (QED) is 0.104. The van der Waals surface area contributed by atoms with Crippen molar-refractivity contribution >= 4 is 56.9 Å². The molecule has 2 aliphatic rings. The van der Waals surface area contributed by atoms with Gasteiger partial charge in [-0.1, -0.05) is 18.2 Å². The number of benzene rings is 4. The molecule has 4 aromatic carbocycles. The number of urea groups is 2. The van der Waals surface area contributed by atoms with Crippen molar-refractivity contribution in [2.75, 3.05) is 42.5 Å². The Labute approximate surface area is 411 Å². The largest absolute Gasteiger partial charge is 0.471 e. The summed E-state index contributed by atoms with van der Waals surface area (Å²) >= 11 is 0. The van der Waals surface area contributed by atoms with Gasteiger partial charge in [-0.25, -0.2) is 18.4 Å². The van der Waals surface area contributed by atoms with E-state index in [-0.39, 0.29) is 47.4 Å². The molecule has 2 fully saturated rings. The molecule has 73 heavy (non-hydrogen) atoms. The first-order chi connectivity index (χ1) is 34.7. The molecular weight excluding hydrogens is 975 g/mol. The Balaban J connectivity index is 0.000000195. The van der Waals surface area contributed by atoms with E-state index < -0.39 is 54.0 Å². The van der Waals surface area contributed by atoms with E-state index in [1.165, 1.54) is 39.4 Å². The minimum atomic E-state index is -5.13. The summed E-state index contributed by atoms with van der Waals surface area (Å²) in [5.74, 6) is -6.61. The zero-order valence-electron chi connectivity index (χ0n) is 39.3. The maximum absolute atomic E-state index is 15.1. The number of anilines is 2. The molecule has 5 heterocycles. The molecule has 3 aromatic heterocycles. The van der Waals surface area contributed by atoms with Crippen LogP contribution in [0.25, 0.3) is 33.3 Å². The zero-order chi connectivity index (χ0) is 52.2. The number of halogens is 8. The molecule has 5 amide bonds. The molecule has 7 aromatic rings. The Hall–Kier alpha value is -7.92. The van der Waals surface area contributed by atoms with E-state index >= 15 is 8.78 Å². The molecule has 24 heteroatoms. The number of rotatable bonds is 10. The Morgan fingerprint density at radius 1 is 0.630 bits per heavy atom. The van der Waals surface area contributed by atoms with Crippen molar-refractivity contribution < 1.29 is 58.7 Å². The average molecular weight is 1020 g/mol. The predicted octanol–water partition coefficient (Wildman–Crippen LogP) is 9.58. The van der Waals surface area contributed by atoms with E-state index in [4.69, 9.17) is 0 Å². The van der Waals surface area contributed by atoms with Gasteiger partial charge in [0, 0.05) is 84.7 Å². The second-order valence-electron chi connectivity index (χ2n) is 17.5. The number of aromatic nitrogens is 6. The van der Waals surface area contributed by atoms with Crippen LogP contribution in [0.15, 0.2) is 89.6 Å². The molecule has 0 saturated carbocycles. The van der Waals surface area contributed by atoms with Crippen molar-refractivity contribution in [3.63, 3.8) is 0 Å². The topological polar surface area (TPSA) is 168 Å². The fraction of sp³-hybridized carbons (Fsp3) is 0.347. The van der Waals surface area contributed by atoms with E-state index in [2.05, 4.69) is 24.8 Å². The molecule has 0 spiro atoms. The van der Waals surface area contributed by atoms with E-state index in [0.717, 1.165) is 72.5 Å². The summed E-state index contributed by atoms with van der Waals surface area (Å²) in [5.41, 5.74) is 2.83. The number of nitrogens with one attached hydrogen (secondary N) is 1. The number of carbonyl (C=O) groups is 4. The number of aryl methyl sites for hydroxylation is 2. The first-order valence-electron chi connectivity index (χ1n) is 23.1. The van der Waals surface area contributed by atoms with Crippen LogP contribution in [0.1, 0.15) is 65.9 Å². The van der Waals surface area contributed by atoms with Gasteiger partial charge >= 0.3 is 36.2 Å². The molecule has 384 valence electrons. The highest BCUT2D eigenvalue weighted by atomic mass is 19.4. The molecule has 0 unspecified atom stereocenters. The van der Waals surface area contributed by atoms with E-state index in [1.807, 2.05) is 18.2 Å². The maximum atomic E-state index is 15.1. The molecule has 0 aliphatic carbocycles. The van der Waals surface area contributed by atoms with Gasteiger partial charge in [0.25, 0.3) is 0 Å². The number of likely N-dealkylation sites (tertiary alicyclic amines) is 2. The van der Waals surface area contributed by atoms with Gasteiger partial charge in [0.2, 0.25) is 5.89 Å². The fourth-order valence-electron chi connectivity index (χ4n) is 8.47. The van der Waals surface area contributed by atoms with Crippen molar-refractivity contribution in [1.29, 1.82) is 0 Å². The summed E-state index contributed by atoms with van der Waals surface area (Å²) in [7, 11) is 3.57. The summed E-state index contributed by atoms with van der Waals surface area (Å²) in [4.78, 5) is 56.6. The number of Topliss-reactive ketones (excluding diaryl/α,β-unsaturated/α-hetero) is 1. The third kappa shape index (κ3) is 11.9. The third-order valence-electron chi connectivity index (χ3n) is 12.5. The number of carbonyl (C=O) groups excluding carboxylic acids is 4. The molecule has 0 atom stereocenters. The van der Waals surface area contributed by atoms with Crippen molar-refractivity contribution in [2.24, 2.45) is 14.1 Å². The van der Waals surface area contributed by atoms with Crippen LogP contribution in [0, 0.1) is 11.6 Å².